The SMILES string of the molecule is CC(C)(C)[Si](Br)(Br)CCCC#N. The summed E-state index contributed by atoms with van der Waals surface area (Å²) in [6, 6.07) is 3.29. The lowest BCUT2D eigenvalue weighted by atomic mass is 10.2. The second-order valence-corrected chi connectivity index (χ2v) is 18.7. The summed E-state index contributed by atoms with van der Waals surface area (Å²) in [6.45, 7) is 6.69. The number of hydrogen-bond donors (Lipinski definition) is 0. The summed E-state index contributed by atoms with van der Waals surface area (Å²) in [5, 5.41) is 7.24. The first-order valence-corrected chi connectivity index (χ1v) is 10.8. The Hall–Kier alpha value is 0.667. The van der Waals surface area contributed by atoms with Crippen LogP contribution in [0.15, 0.2) is 0 Å². The number of rotatable bonds is 3. The molecule has 0 aromatic heterocycles. The highest BCUT2D eigenvalue weighted by Crippen LogP contribution is 2.48. The molecular formula is C8H15Br2NSi. The van der Waals surface area contributed by atoms with Crippen molar-refractivity contribution >= 4 is 35.9 Å². The van der Waals surface area contributed by atoms with Gasteiger partial charge >= 0.3 is 0 Å². The highest BCUT2D eigenvalue weighted by molar-refractivity contribution is 9.51. The summed E-state index contributed by atoms with van der Waals surface area (Å²) in [5.41, 5.74) is 0. The van der Waals surface area contributed by atoms with Gasteiger partial charge in [-0.25, -0.2) is 0 Å². The molecule has 0 saturated heterocycles. The van der Waals surface area contributed by atoms with E-state index < -0.39 is 5.31 Å². The lowest BCUT2D eigenvalue weighted by Crippen LogP contribution is -2.30. The van der Waals surface area contributed by atoms with Crippen LogP contribution in [0.5, 0.6) is 0 Å². The first-order chi connectivity index (χ1) is 5.31. The Balaban J connectivity index is 3.98. The van der Waals surface area contributed by atoms with Gasteiger partial charge in [0, 0.05) is 6.42 Å². The Kier molecular flexibility index (Phi) is 5.04. The quantitative estimate of drug-likeness (QED) is 0.432. The van der Waals surface area contributed by atoms with E-state index in [4.69, 9.17) is 5.26 Å². The average molecular weight is 313 g/mol. The molecule has 0 heterocycles. The van der Waals surface area contributed by atoms with Gasteiger partial charge in [-0.2, -0.15) is 5.26 Å². The summed E-state index contributed by atoms with van der Waals surface area (Å²) < 4.78 is 0. The molecule has 0 unspecified atom stereocenters. The van der Waals surface area contributed by atoms with Gasteiger partial charge in [-0.05, 0) is 17.5 Å². The normalized spacial score (nSPS) is 12.7. The minimum atomic E-state index is -1.47. The van der Waals surface area contributed by atoms with Crippen molar-refractivity contribution in [2.75, 3.05) is 0 Å². The van der Waals surface area contributed by atoms with Crippen molar-refractivity contribution < 1.29 is 0 Å². The molecule has 0 atom stereocenters. The maximum absolute atomic E-state index is 8.40. The third kappa shape index (κ3) is 4.06. The van der Waals surface area contributed by atoms with Crippen LogP contribution in [0.3, 0.4) is 0 Å². The lowest BCUT2D eigenvalue weighted by Gasteiger charge is -2.32. The van der Waals surface area contributed by atoms with Crippen molar-refractivity contribution in [2.45, 2.75) is 44.7 Å². The summed E-state index contributed by atoms with van der Waals surface area (Å²) in [4.78, 5) is 0. The molecule has 0 radical (unpaired) electrons. The summed E-state index contributed by atoms with van der Waals surface area (Å²) in [5.74, 6) is 0. The van der Waals surface area contributed by atoms with E-state index in [2.05, 4.69) is 57.4 Å². The molecule has 1 nitrogen and oxygen atoms in total. The van der Waals surface area contributed by atoms with E-state index in [1.54, 1.807) is 0 Å². The Morgan fingerprint density at radius 2 is 1.83 bits per heavy atom. The van der Waals surface area contributed by atoms with Crippen molar-refractivity contribution in [3.63, 3.8) is 0 Å². The Morgan fingerprint density at radius 1 is 1.33 bits per heavy atom. The molecule has 0 aromatic carbocycles. The van der Waals surface area contributed by atoms with E-state index in [0.29, 0.717) is 11.5 Å². The molecule has 0 N–H and O–H groups in total. The van der Waals surface area contributed by atoms with Crippen LogP contribution in [0.1, 0.15) is 33.6 Å². The van der Waals surface area contributed by atoms with Crippen LogP contribution in [0.25, 0.3) is 0 Å². The minimum Gasteiger partial charge on any atom is -0.198 e. The van der Waals surface area contributed by atoms with Gasteiger partial charge in [0.1, 0.15) is 0 Å². The van der Waals surface area contributed by atoms with E-state index in [1.807, 2.05) is 0 Å². The largest absolute Gasteiger partial charge is 0.206 e. The maximum Gasteiger partial charge on any atom is 0.206 e. The van der Waals surface area contributed by atoms with Gasteiger partial charge in [-0.1, -0.05) is 20.8 Å². The monoisotopic (exact) mass is 311 g/mol. The predicted molar refractivity (Wildman–Crippen MR) is 63.0 cm³/mol. The summed E-state index contributed by atoms with van der Waals surface area (Å²) in [7, 11) is 0. The van der Waals surface area contributed by atoms with Crippen molar-refractivity contribution in [1.82, 2.24) is 0 Å². The fraction of sp³-hybridized carbons (Fsp3) is 0.875. The standard InChI is InChI=1S/C8H15Br2NSi/c1-8(2,3)12(9,10)7-5-4-6-11/h4-5,7H2,1-3H3. The zero-order valence-electron chi connectivity index (χ0n) is 7.82. The van der Waals surface area contributed by atoms with Crippen molar-refractivity contribution in [3.8, 4) is 6.07 Å². The predicted octanol–water partition coefficient (Wildman–Crippen LogP) is 4.32. The molecule has 0 spiro atoms. The first-order valence-electron chi connectivity index (χ1n) is 4.06. The average Bonchev–Trinajstić information content (AvgIpc) is 1.85. The van der Waals surface area contributed by atoms with E-state index in [0.717, 1.165) is 12.5 Å². The number of halogens is 2. The third-order valence-corrected chi connectivity index (χ3v) is 14.6. The fourth-order valence-electron chi connectivity index (χ4n) is 0.764. The number of nitriles is 1. The van der Waals surface area contributed by atoms with E-state index in [9.17, 15) is 0 Å². The van der Waals surface area contributed by atoms with E-state index in [1.165, 1.54) is 0 Å². The van der Waals surface area contributed by atoms with Crippen LogP contribution in [0, 0.1) is 11.3 Å². The smallest absolute Gasteiger partial charge is 0.198 e. The van der Waals surface area contributed by atoms with Crippen LogP contribution >= 0.6 is 30.6 Å². The van der Waals surface area contributed by atoms with Crippen LogP contribution in [-0.2, 0) is 0 Å². The number of nitrogens with zero attached hydrogens (tertiary/aromatic N) is 1. The molecule has 70 valence electrons. The summed E-state index contributed by atoms with van der Waals surface area (Å²) in [6.07, 6.45) is 1.67. The Bertz CT molecular complexity index is 178. The second-order valence-electron chi connectivity index (χ2n) is 3.97. The van der Waals surface area contributed by atoms with Gasteiger partial charge in [0.25, 0.3) is 0 Å². The molecule has 0 aliphatic heterocycles. The Labute approximate surface area is 91.7 Å². The van der Waals surface area contributed by atoms with Gasteiger partial charge in [0.2, 0.25) is 5.31 Å². The maximum atomic E-state index is 8.40. The Morgan fingerprint density at radius 3 is 2.17 bits per heavy atom. The molecular weight excluding hydrogens is 298 g/mol. The second kappa shape index (κ2) is 4.78. The minimum absolute atomic E-state index is 0.308. The highest BCUT2D eigenvalue weighted by Gasteiger charge is 2.39. The molecule has 0 bridgehead atoms. The number of unbranched alkanes of at least 4 members (excludes halogenated alkanes) is 1. The van der Waals surface area contributed by atoms with Crippen LogP contribution < -0.4 is 0 Å². The zero-order valence-corrected chi connectivity index (χ0v) is 12.0. The first kappa shape index (κ1) is 12.7. The molecule has 0 amide bonds. The van der Waals surface area contributed by atoms with Crippen molar-refractivity contribution in [2.24, 2.45) is 0 Å². The molecule has 0 aliphatic rings. The van der Waals surface area contributed by atoms with Crippen LogP contribution in [0.2, 0.25) is 11.1 Å². The van der Waals surface area contributed by atoms with Gasteiger partial charge in [0.15, 0.2) is 0 Å². The molecule has 12 heavy (non-hydrogen) atoms. The van der Waals surface area contributed by atoms with Gasteiger partial charge < -0.3 is 0 Å². The van der Waals surface area contributed by atoms with Crippen molar-refractivity contribution in [3.05, 3.63) is 0 Å². The zero-order chi connectivity index (χ0) is 9.83. The molecule has 0 rings (SSSR count). The lowest BCUT2D eigenvalue weighted by molar-refractivity contribution is 0.735. The molecule has 0 saturated carbocycles. The van der Waals surface area contributed by atoms with Crippen LogP contribution in [-0.4, -0.2) is 5.31 Å². The van der Waals surface area contributed by atoms with Crippen LogP contribution in [0.4, 0.5) is 0 Å². The highest BCUT2D eigenvalue weighted by atomic mass is 79.9. The van der Waals surface area contributed by atoms with E-state index in [-0.39, 0.29) is 0 Å². The molecule has 0 aliphatic carbocycles. The fourth-order valence-corrected chi connectivity index (χ4v) is 3.82. The molecule has 0 fully saturated rings. The number of hydrogen-bond acceptors (Lipinski definition) is 1. The topological polar surface area (TPSA) is 23.8 Å². The summed E-state index contributed by atoms with van der Waals surface area (Å²) >= 11 is 7.56. The van der Waals surface area contributed by atoms with Crippen molar-refractivity contribution in [1.29, 1.82) is 5.26 Å². The molecule has 0 aromatic rings. The third-order valence-electron chi connectivity index (χ3n) is 1.88. The van der Waals surface area contributed by atoms with Gasteiger partial charge in [0.05, 0.1) is 6.07 Å². The van der Waals surface area contributed by atoms with Gasteiger partial charge in [-0.15, -0.1) is 30.6 Å². The van der Waals surface area contributed by atoms with E-state index >= 15 is 0 Å². The molecule has 4 heteroatoms. The van der Waals surface area contributed by atoms with Gasteiger partial charge in [-0.3, -0.25) is 0 Å².